The first-order valence-electron chi connectivity index (χ1n) is 8.24. The maximum Gasteiger partial charge on any atom is 0.357 e. The number of morpholine rings is 1. The third-order valence-corrected chi connectivity index (χ3v) is 5.19. The number of carbonyl (C=O) groups excluding carboxylic acids is 2. The fourth-order valence-electron chi connectivity index (χ4n) is 2.86. The van der Waals surface area contributed by atoms with Crippen molar-refractivity contribution in [3.63, 3.8) is 0 Å². The number of pyridine rings is 1. The molecule has 0 amide bonds. The van der Waals surface area contributed by atoms with Crippen LogP contribution in [0.4, 0.5) is 5.69 Å². The minimum absolute atomic E-state index is 0.109. The number of aromatic nitrogens is 1. The number of ketones is 1. The van der Waals surface area contributed by atoms with Crippen LogP contribution in [0.5, 0.6) is 0 Å². The molecule has 0 bridgehead atoms. The minimum Gasteiger partial charge on any atom is -0.453 e. The summed E-state index contributed by atoms with van der Waals surface area (Å²) in [6.45, 7) is 5.16. The number of Topliss-reactive ketones (excluding diaryl/α,β-unsaturated/α-hetero) is 1. The maximum atomic E-state index is 12.2. The van der Waals surface area contributed by atoms with Crippen molar-refractivity contribution >= 4 is 40.4 Å². The normalized spacial score (nSPS) is 20.0. The van der Waals surface area contributed by atoms with Gasteiger partial charge in [0, 0.05) is 25.0 Å². The van der Waals surface area contributed by atoms with Crippen LogP contribution in [0.25, 0.3) is 0 Å². The Kier molecular flexibility index (Phi) is 5.90. The summed E-state index contributed by atoms with van der Waals surface area (Å²) >= 11 is 6.97. The van der Waals surface area contributed by atoms with Crippen LogP contribution in [0.15, 0.2) is 30.5 Å². The molecule has 3 heterocycles. The number of hydrogen-bond donors (Lipinski definition) is 0. The molecule has 8 heteroatoms. The van der Waals surface area contributed by atoms with E-state index >= 15 is 0 Å². The van der Waals surface area contributed by atoms with Gasteiger partial charge in [-0.25, -0.2) is 9.78 Å². The van der Waals surface area contributed by atoms with Crippen LogP contribution < -0.4 is 4.90 Å². The smallest absolute Gasteiger partial charge is 0.357 e. The molecule has 2 aromatic heterocycles. The predicted octanol–water partition coefficient (Wildman–Crippen LogP) is 3.45. The maximum absolute atomic E-state index is 12.2. The SMILES string of the molecule is C[C@H]1CN(c2ccnc(C(=O)OCC(=O)c3ccc(Cl)s3)c2)C[C@H](C)O1. The number of rotatable bonds is 5. The Morgan fingerprint density at radius 3 is 2.69 bits per heavy atom. The first kappa shape index (κ1) is 18.8. The molecule has 2 atom stereocenters. The van der Waals surface area contributed by atoms with E-state index in [1.54, 1.807) is 24.4 Å². The van der Waals surface area contributed by atoms with E-state index in [1.807, 2.05) is 19.9 Å². The summed E-state index contributed by atoms with van der Waals surface area (Å²) in [7, 11) is 0. The summed E-state index contributed by atoms with van der Waals surface area (Å²) in [5, 5.41) is 0. The molecule has 0 spiro atoms. The van der Waals surface area contributed by atoms with Crippen LogP contribution in [-0.2, 0) is 9.47 Å². The lowest BCUT2D eigenvalue weighted by Gasteiger charge is -2.36. The number of thiophene rings is 1. The lowest BCUT2D eigenvalue weighted by Crippen LogP contribution is -2.45. The third kappa shape index (κ3) is 4.60. The van der Waals surface area contributed by atoms with Crippen molar-refractivity contribution in [2.45, 2.75) is 26.1 Å². The van der Waals surface area contributed by atoms with Crippen molar-refractivity contribution in [3.05, 3.63) is 45.4 Å². The molecule has 0 aliphatic carbocycles. The van der Waals surface area contributed by atoms with Gasteiger partial charge >= 0.3 is 5.97 Å². The molecule has 0 saturated carbocycles. The lowest BCUT2D eigenvalue weighted by atomic mass is 10.2. The molecule has 1 aliphatic heterocycles. The standard InChI is InChI=1S/C18H19ClN2O4S/c1-11-8-21(9-12(2)25-11)13-5-6-20-14(7-13)18(23)24-10-15(22)16-3-4-17(19)26-16/h3-7,11-12H,8-10H2,1-2H3/t11-,12-/m0/s1. The molecular weight excluding hydrogens is 376 g/mol. The third-order valence-electron chi connectivity index (χ3n) is 3.92. The van der Waals surface area contributed by atoms with Crippen molar-refractivity contribution < 1.29 is 19.1 Å². The van der Waals surface area contributed by atoms with Gasteiger partial charge in [-0.1, -0.05) is 11.6 Å². The lowest BCUT2D eigenvalue weighted by molar-refractivity contribution is -0.00522. The number of ether oxygens (including phenoxy) is 2. The summed E-state index contributed by atoms with van der Waals surface area (Å²) in [5.41, 5.74) is 1.05. The van der Waals surface area contributed by atoms with Gasteiger partial charge in [0.1, 0.15) is 5.69 Å². The highest BCUT2D eigenvalue weighted by Crippen LogP contribution is 2.23. The molecule has 3 rings (SSSR count). The zero-order valence-electron chi connectivity index (χ0n) is 14.5. The van der Waals surface area contributed by atoms with E-state index in [1.165, 1.54) is 0 Å². The van der Waals surface area contributed by atoms with Gasteiger partial charge in [0.15, 0.2) is 6.61 Å². The van der Waals surface area contributed by atoms with Crippen LogP contribution in [-0.4, -0.2) is 48.6 Å². The van der Waals surface area contributed by atoms with Crippen molar-refractivity contribution in [1.82, 2.24) is 4.98 Å². The average Bonchev–Trinajstić information content (AvgIpc) is 3.05. The molecule has 0 radical (unpaired) electrons. The first-order chi connectivity index (χ1) is 12.4. The summed E-state index contributed by atoms with van der Waals surface area (Å²) in [6, 6.07) is 6.78. The fraction of sp³-hybridized carbons (Fsp3) is 0.389. The molecular formula is C18H19ClN2O4S. The van der Waals surface area contributed by atoms with Crippen LogP contribution in [0.2, 0.25) is 4.34 Å². The van der Waals surface area contributed by atoms with Crippen LogP contribution in [0.3, 0.4) is 0 Å². The monoisotopic (exact) mass is 394 g/mol. The number of nitrogens with zero attached hydrogens (tertiary/aromatic N) is 2. The van der Waals surface area contributed by atoms with Crippen molar-refractivity contribution in [2.75, 3.05) is 24.6 Å². The van der Waals surface area contributed by atoms with Gasteiger partial charge in [-0.15, -0.1) is 11.3 Å². The zero-order chi connectivity index (χ0) is 18.7. The second kappa shape index (κ2) is 8.16. The zero-order valence-corrected chi connectivity index (χ0v) is 16.0. The van der Waals surface area contributed by atoms with Gasteiger partial charge < -0.3 is 14.4 Å². The molecule has 26 heavy (non-hydrogen) atoms. The van der Waals surface area contributed by atoms with Crippen molar-refractivity contribution in [2.24, 2.45) is 0 Å². The number of halogens is 1. The van der Waals surface area contributed by atoms with E-state index in [0.29, 0.717) is 9.21 Å². The quantitative estimate of drug-likeness (QED) is 0.571. The van der Waals surface area contributed by atoms with E-state index in [4.69, 9.17) is 21.1 Å². The molecule has 1 fully saturated rings. The second-order valence-electron chi connectivity index (χ2n) is 6.16. The Hall–Kier alpha value is -1.96. The van der Waals surface area contributed by atoms with E-state index in [2.05, 4.69) is 9.88 Å². The van der Waals surface area contributed by atoms with Crippen molar-refractivity contribution in [1.29, 1.82) is 0 Å². The molecule has 0 unspecified atom stereocenters. The fourth-order valence-corrected chi connectivity index (χ4v) is 3.82. The molecule has 1 saturated heterocycles. The highest BCUT2D eigenvalue weighted by molar-refractivity contribution is 7.18. The molecule has 2 aromatic rings. The Morgan fingerprint density at radius 2 is 2.04 bits per heavy atom. The van der Waals surface area contributed by atoms with E-state index < -0.39 is 5.97 Å². The number of carbonyl (C=O) groups is 2. The highest BCUT2D eigenvalue weighted by Gasteiger charge is 2.23. The van der Waals surface area contributed by atoms with Crippen LogP contribution in [0.1, 0.15) is 34.0 Å². The largest absolute Gasteiger partial charge is 0.453 e. The summed E-state index contributed by atoms with van der Waals surface area (Å²) in [4.78, 5) is 30.9. The average molecular weight is 395 g/mol. The Balaban J connectivity index is 1.63. The molecule has 0 aromatic carbocycles. The Morgan fingerprint density at radius 1 is 1.31 bits per heavy atom. The highest BCUT2D eigenvalue weighted by atomic mass is 35.5. The Bertz CT molecular complexity index is 800. The van der Waals surface area contributed by atoms with Crippen molar-refractivity contribution in [3.8, 4) is 0 Å². The molecule has 0 N–H and O–H groups in total. The van der Waals surface area contributed by atoms with Crippen LogP contribution in [0, 0.1) is 0 Å². The van der Waals surface area contributed by atoms with Gasteiger partial charge in [-0.3, -0.25) is 4.79 Å². The number of anilines is 1. The summed E-state index contributed by atoms with van der Waals surface area (Å²) in [5.74, 6) is -0.917. The molecule has 6 nitrogen and oxygen atoms in total. The molecule has 1 aliphatic rings. The van der Waals surface area contributed by atoms with Crippen LogP contribution >= 0.6 is 22.9 Å². The van der Waals surface area contributed by atoms with Gasteiger partial charge in [-0.2, -0.15) is 0 Å². The van der Waals surface area contributed by atoms with Gasteiger partial charge in [-0.05, 0) is 38.1 Å². The van der Waals surface area contributed by atoms with E-state index in [-0.39, 0.29) is 30.3 Å². The van der Waals surface area contributed by atoms with Gasteiger partial charge in [0.05, 0.1) is 21.4 Å². The van der Waals surface area contributed by atoms with Gasteiger partial charge in [0.2, 0.25) is 5.78 Å². The minimum atomic E-state index is -0.628. The van der Waals surface area contributed by atoms with E-state index in [0.717, 1.165) is 30.1 Å². The van der Waals surface area contributed by atoms with E-state index in [9.17, 15) is 9.59 Å². The summed E-state index contributed by atoms with van der Waals surface area (Å²) < 4.78 is 11.4. The molecule has 138 valence electrons. The summed E-state index contributed by atoms with van der Waals surface area (Å²) in [6.07, 6.45) is 1.78. The second-order valence-corrected chi connectivity index (χ2v) is 7.88. The first-order valence-corrected chi connectivity index (χ1v) is 9.44. The number of hydrogen-bond acceptors (Lipinski definition) is 7. The predicted molar refractivity (Wildman–Crippen MR) is 100 cm³/mol. The number of esters is 1. The topological polar surface area (TPSA) is 68.7 Å². The van der Waals surface area contributed by atoms with Gasteiger partial charge in [0.25, 0.3) is 0 Å². The Labute approximate surface area is 160 Å².